The summed E-state index contributed by atoms with van der Waals surface area (Å²) in [5, 5.41) is 11.4. The molecule has 0 heterocycles. The van der Waals surface area contributed by atoms with E-state index in [0.717, 1.165) is 11.3 Å². The molecule has 1 amide bonds. The van der Waals surface area contributed by atoms with Crippen molar-refractivity contribution in [3.63, 3.8) is 0 Å². The SMILES string of the molecule is COc1cccc(/C=C/C(=O)Nc2ccc(C#N)cc2)c1. The zero-order valence-electron chi connectivity index (χ0n) is 11.5. The molecular formula is C17H14N2O2. The minimum absolute atomic E-state index is 0.234. The van der Waals surface area contributed by atoms with Gasteiger partial charge in [0.15, 0.2) is 0 Å². The highest BCUT2D eigenvalue weighted by Crippen LogP contribution is 2.14. The molecular weight excluding hydrogens is 264 g/mol. The number of nitrogens with one attached hydrogen (secondary N) is 1. The van der Waals surface area contributed by atoms with Crippen LogP contribution in [0.2, 0.25) is 0 Å². The molecule has 0 radical (unpaired) electrons. The lowest BCUT2D eigenvalue weighted by atomic mass is 10.2. The van der Waals surface area contributed by atoms with Gasteiger partial charge in [-0.15, -0.1) is 0 Å². The van der Waals surface area contributed by atoms with Crippen molar-refractivity contribution >= 4 is 17.7 Å². The second-order valence-corrected chi connectivity index (χ2v) is 4.29. The van der Waals surface area contributed by atoms with Crippen molar-refractivity contribution in [2.75, 3.05) is 12.4 Å². The number of carbonyl (C=O) groups excluding carboxylic acids is 1. The maximum absolute atomic E-state index is 11.8. The van der Waals surface area contributed by atoms with Crippen molar-refractivity contribution in [2.45, 2.75) is 0 Å². The van der Waals surface area contributed by atoms with E-state index in [1.165, 1.54) is 6.08 Å². The summed E-state index contributed by atoms with van der Waals surface area (Å²) in [6.45, 7) is 0. The maximum atomic E-state index is 11.8. The van der Waals surface area contributed by atoms with Gasteiger partial charge < -0.3 is 10.1 Å². The number of ether oxygens (including phenoxy) is 1. The first-order valence-corrected chi connectivity index (χ1v) is 6.34. The molecule has 0 aliphatic carbocycles. The third kappa shape index (κ3) is 4.22. The Morgan fingerprint density at radius 1 is 1.24 bits per heavy atom. The van der Waals surface area contributed by atoms with Gasteiger partial charge in [0.1, 0.15) is 5.75 Å². The average molecular weight is 278 g/mol. The van der Waals surface area contributed by atoms with Gasteiger partial charge in [-0.1, -0.05) is 12.1 Å². The van der Waals surface area contributed by atoms with Crippen LogP contribution in [0.4, 0.5) is 5.69 Å². The molecule has 0 unspecified atom stereocenters. The molecule has 21 heavy (non-hydrogen) atoms. The van der Waals surface area contributed by atoms with Crippen LogP contribution in [0.25, 0.3) is 6.08 Å². The second kappa shape index (κ2) is 6.92. The number of anilines is 1. The Kier molecular flexibility index (Phi) is 4.73. The van der Waals surface area contributed by atoms with E-state index in [2.05, 4.69) is 5.32 Å². The lowest BCUT2D eigenvalue weighted by molar-refractivity contribution is -0.111. The van der Waals surface area contributed by atoms with Gasteiger partial charge in [-0.3, -0.25) is 4.79 Å². The first-order chi connectivity index (χ1) is 10.2. The summed E-state index contributed by atoms with van der Waals surface area (Å²) in [4.78, 5) is 11.8. The summed E-state index contributed by atoms with van der Waals surface area (Å²) in [6.07, 6.45) is 3.16. The van der Waals surface area contributed by atoms with E-state index in [9.17, 15) is 4.79 Å². The number of nitrogens with zero attached hydrogens (tertiary/aromatic N) is 1. The molecule has 2 rings (SSSR count). The monoisotopic (exact) mass is 278 g/mol. The molecule has 1 N–H and O–H groups in total. The van der Waals surface area contributed by atoms with Crippen LogP contribution in [-0.2, 0) is 4.79 Å². The van der Waals surface area contributed by atoms with Crippen molar-refractivity contribution in [3.8, 4) is 11.8 Å². The summed E-state index contributed by atoms with van der Waals surface area (Å²) < 4.78 is 5.12. The first kappa shape index (κ1) is 14.4. The van der Waals surface area contributed by atoms with E-state index in [0.29, 0.717) is 11.3 Å². The predicted octanol–water partition coefficient (Wildman–Crippen LogP) is 3.22. The zero-order chi connectivity index (χ0) is 15.1. The second-order valence-electron chi connectivity index (χ2n) is 4.29. The maximum Gasteiger partial charge on any atom is 0.248 e. The van der Waals surface area contributed by atoms with E-state index in [-0.39, 0.29) is 5.91 Å². The third-order valence-electron chi connectivity index (χ3n) is 2.80. The highest BCUT2D eigenvalue weighted by Gasteiger charge is 1.98. The van der Waals surface area contributed by atoms with Gasteiger partial charge in [0.25, 0.3) is 0 Å². The van der Waals surface area contributed by atoms with Gasteiger partial charge in [0.05, 0.1) is 18.7 Å². The van der Waals surface area contributed by atoms with Gasteiger partial charge >= 0.3 is 0 Å². The smallest absolute Gasteiger partial charge is 0.248 e. The summed E-state index contributed by atoms with van der Waals surface area (Å²) in [5.74, 6) is 0.507. The van der Waals surface area contributed by atoms with Gasteiger partial charge in [-0.05, 0) is 48.0 Å². The zero-order valence-corrected chi connectivity index (χ0v) is 11.5. The molecule has 0 aliphatic heterocycles. The summed E-state index contributed by atoms with van der Waals surface area (Å²) >= 11 is 0. The Labute approximate surface area is 123 Å². The van der Waals surface area contributed by atoms with Crippen LogP contribution < -0.4 is 10.1 Å². The van der Waals surface area contributed by atoms with E-state index in [1.54, 1.807) is 37.5 Å². The Hall–Kier alpha value is -3.06. The number of amides is 1. The molecule has 0 spiro atoms. The fraction of sp³-hybridized carbons (Fsp3) is 0.0588. The Bertz CT molecular complexity index is 697. The minimum Gasteiger partial charge on any atom is -0.497 e. The Morgan fingerprint density at radius 3 is 2.67 bits per heavy atom. The quantitative estimate of drug-likeness (QED) is 0.873. The van der Waals surface area contributed by atoms with Gasteiger partial charge in [-0.25, -0.2) is 0 Å². The molecule has 0 aromatic heterocycles. The van der Waals surface area contributed by atoms with Crippen molar-refractivity contribution < 1.29 is 9.53 Å². The number of hydrogen-bond acceptors (Lipinski definition) is 3. The van der Waals surface area contributed by atoms with E-state index in [4.69, 9.17) is 10.00 Å². The standard InChI is InChI=1S/C17H14N2O2/c1-21-16-4-2-3-13(11-16)7-10-17(20)19-15-8-5-14(12-18)6-9-15/h2-11H,1H3,(H,19,20)/b10-7+. The number of carbonyl (C=O) groups is 1. The molecule has 2 aromatic carbocycles. The molecule has 4 heteroatoms. The summed E-state index contributed by atoms with van der Waals surface area (Å²) in [6, 6.07) is 16.1. The molecule has 0 saturated heterocycles. The fourth-order valence-corrected chi connectivity index (χ4v) is 1.73. The number of methoxy groups -OCH3 is 1. The van der Waals surface area contributed by atoms with Crippen LogP contribution in [-0.4, -0.2) is 13.0 Å². The number of rotatable bonds is 4. The minimum atomic E-state index is -0.234. The number of nitriles is 1. The molecule has 0 fully saturated rings. The number of hydrogen-bond donors (Lipinski definition) is 1. The lowest BCUT2D eigenvalue weighted by Crippen LogP contribution is -2.07. The van der Waals surface area contributed by atoms with Crippen molar-refractivity contribution in [1.29, 1.82) is 5.26 Å². The van der Waals surface area contributed by atoms with Crippen LogP contribution in [0.5, 0.6) is 5.75 Å². The molecule has 104 valence electrons. The largest absolute Gasteiger partial charge is 0.497 e. The van der Waals surface area contributed by atoms with Gasteiger partial charge in [0, 0.05) is 11.8 Å². The van der Waals surface area contributed by atoms with Gasteiger partial charge in [0.2, 0.25) is 5.91 Å². The highest BCUT2D eigenvalue weighted by molar-refractivity contribution is 6.01. The fourth-order valence-electron chi connectivity index (χ4n) is 1.73. The normalized spacial score (nSPS) is 10.1. The van der Waals surface area contributed by atoms with Crippen molar-refractivity contribution in [2.24, 2.45) is 0 Å². The topological polar surface area (TPSA) is 62.1 Å². The highest BCUT2D eigenvalue weighted by atomic mass is 16.5. The molecule has 0 saturated carbocycles. The van der Waals surface area contributed by atoms with Gasteiger partial charge in [-0.2, -0.15) is 5.26 Å². The van der Waals surface area contributed by atoms with Crippen LogP contribution in [0, 0.1) is 11.3 Å². The molecule has 0 bridgehead atoms. The van der Waals surface area contributed by atoms with Crippen LogP contribution >= 0.6 is 0 Å². The Balaban J connectivity index is 2.00. The van der Waals surface area contributed by atoms with E-state index < -0.39 is 0 Å². The Morgan fingerprint density at radius 2 is 2.00 bits per heavy atom. The van der Waals surface area contributed by atoms with Crippen molar-refractivity contribution in [1.82, 2.24) is 0 Å². The third-order valence-corrected chi connectivity index (χ3v) is 2.80. The average Bonchev–Trinajstić information content (AvgIpc) is 2.54. The van der Waals surface area contributed by atoms with Crippen LogP contribution in [0.3, 0.4) is 0 Å². The van der Waals surface area contributed by atoms with Crippen molar-refractivity contribution in [3.05, 3.63) is 65.7 Å². The summed E-state index contributed by atoms with van der Waals surface area (Å²) in [5.41, 5.74) is 2.08. The van der Waals surface area contributed by atoms with Crippen LogP contribution in [0.15, 0.2) is 54.6 Å². The number of benzene rings is 2. The molecule has 0 atom stereocenters. The van der Waals surface area contributed by atoms with Crippen LogP contribution in [0.1, 0.15) is 11.1 Å². The molecule has 0 aliphatic rings. The molecule has 4 nitrogen and oxygen atoms in total. The van der Waals surface area contributed by atoms with E-state index in [1.807, 2.05) is 30.3 Å². The summed E-state index contributed by atoms with van der Waals surface area (Å²) in [7, 11) is 1.60. The predicted molar refractivity (Wildman–Crippen MR) is 81.8 cm³/mol. The lowest BCUT2D eigenvalue weighted by Gasteiger charge is -2.02. The first-order valence-electron chi connectivity index (χ1n) is 6.34. The molecule has 2 aromatic rings. The van der Waals surface area contributed by atoms with E-state index >= 15 is 0 Å².